The zero-order valence-electron chi connectivity index (χ0n) is 20.8. The first-order valence-corrected chi connectivity index (χ1v) is 12.1. The number of anilines is 3. The zero-order chi connectivity index (χ0) is 25.3. The minimum Gasteiger partial charge on any atom is -0.478 e. The molecular weight excluding hydrogens is 440 g/mol. The largest absolute Gasteiger partial charge is 0.478 e. The van der Waals surface area contributed by atoms with Crippen molar-refractivity contribution in [1.29, 1.82) is 0 Å². The van der Waals surface area contributed by atoms with Gasteiger partial charge >= 0.3 is 5.97 Å². The Morgan fingerprint density at radius 2 is 1.60 bits per heavy atom. The van der Waals surface area contributed by atoms with Gasteiger partial charge in [-0.1, -0.05) is 18.2 Å². The Hall–Kier alpha value is -4.00. The first-order chi connectivity index (χ1) is 16.9. The van der Waals surface area contributed by atoms with Crippen molar-refractivity contribution in [3.05, 3.63) is 59.5 Å². The van der Waals surface area contributed by atoms with Crippen LogP contribution in [0.5, 0.6) is 0 Å². The van der Waals surface area contributed by atoms with E-state index in [1.807, 2.05) is 36.4 Å². The van der Waals surface area contributed by atoms with E-state index in [2.05, 4.69) is 37.2 Å². The molecule has 5 N–H and O–H groups in total. The van der Waals surface area contributed by atoms with Crippen molar-refractivity contribution >= 4 is 34.0 Å². The van der Waals surface area contributed by atoms with Gasteiger partial charge in [0.15, 0.2) is 11.3 Å². The predicted molar refractivity (Wildman–Crippen MR) is 144 cm³/mol. The third-order valence-electron chi connectivity index (χ3n) is 6.72. The van der Waals surface area contributed by atoms with Gasteiger partial charge in [-0.05, 0) is 57.5 Å². The molecule has 0 saturated heterocycles. The Morgan fingerprint density at radius 3 is 2.23 bits per heavy atom. The van der Waals surface area contributed by atoms with E-state index in [0.29, 0.717) is 28.3 Å². The summed E-state index contributed by atoms with van der Waals surface area (Å²) >= 11 is 0. The second-order valence-electron chi connectivity index (χ2n) is 8.42. The number of carbonyl (C=O) groups is 1. The number of benzene rings is 3. The summed E-state index contributed by atoms with van der Waals surface area (Å²) < 4.78 is 8.64. The molecule has 7 heteroatoms. The molecule has 7 nitrogen and oxygen atoms in total. The molecule has 1 aliphatic carbocycles. The molecular formula is C28H33N4O3+. The first-order valence-electron chi connectivity index (χ1n) is 12.1. The molecule has 0 bridgehead atoms. The van der Waals surface area contributed by atoms with Gasteiger partial charge in [-0.3, -0.25) is 0 Å². The average Bonchev–Trinajstić information content (AvgIpc) is 2.87. The third-order valence-corrected chi connectivity index (χ3v) is 6.72. The summed E-state index contributed by atoms with van der Waals surface area (Å²) in [6.45, 7) is 11.5. The van der Waals surface area contributed by atoms with Crippen molar-refractivity contribution in [3.8, 4) is 22.5 Å². The topological polar surface area (TPSA) is 109 Å². The third kappa shape index (κ3) is 3.97. The lowest BCUT2D eigenvalue weighted by atomic mass is 9.90. The number of nitrogens with two attached hydrogens (primary N) is 2. The number of carboxylic acid groups (broad SMARTS) is 1. The fourth-order valence-corrected chi connectivity index (χ4v) is 4.90. The summed E-state index contributed by atoms with van der Waals surface area (Å²) in [5.41, 5.74) is 18.1. The van der Waals surface area contributed by atoms with Crippen LogP contribution in [0, 0.1) is 0 Å². The average molecular weight is 474 g/mol. The minimum absolute atomic E-state index is 0.207. The molecule has 2 aromatic rings. The number of hydrogen-bond donors (Lipinski definition) is 3. The molecule has 1 heterocycles. The molecule has 2 aromatic carbocycles. The van der Waals surface area contributed by atoms with Crippen LogP contribution in [0.1, 0.15) is 38.1 Å². The molecule has 4 rings (SSSR count). The van der Waals surface area contributed by atoms with Crippen LogP contribution in [-0.2, 0) is 0 Å². The molecule has 35 heavy (non-hydrogen) atoms. The Balaban J connectivity index is 2.24. The van der Waals surface area contributed by atoms with Gasteiger partial charge in [-0.25, -0.2) is 9.37 Å². The molecule has 1 aliphatic heterocycles. The lowest BCUT2D eigenvalue weighted by molar-refractivity contribution is 0.0697. The highest BCUT2D eigenvalue weighted by atomic mass is 16.4. The van der Waals surface area contributed by atoms with Crippen LogP contribution < -0.4 is 26.3 Å². The number of hydrogen-bond acceptors (Lipinski definition) is 5. The van der Waals surface area contributed by atoms with E-state index in [-0.39, 0.29) is 5.56 Å². The summed E-state index contributed by atoms with van der Waals surface area (Å²) in [5, 5.41) is 11.6. The van der Waals surface area contributed by atoms with Crippen LogP contribution in [-0.4, -0.2) is 37.3 Å². The van der Waals surface area contributed by atoms with Gasteiger partial charge in [-0.2, -0.15) is 0 Å². The highest BCUT2D eigenvalue weighted by molar-refractivity contribution is 6.11. The second-order valence-corrected chi connectivity index (χ2v) is 8.42. The fraction of sp³-hybridized carbons (Fsp3) is 0.286. The highest BCUT2D eigenvalue weighted by Crippen LogP contribution is 2.46. The van der Waals surface area contributed by atoms with Crippen LogP contribution in [0.4, 0.5) is 17.1 Å². The highest BCUT2D eigenvalue weighted by Gasteiger charge is 2.26. The molecule has 0 spiro atoms. The van der Waals surface area contributed by atoms with Gasteiger partial charge in [0, 0.05) is 35.7 Å². The Morgan fingerprint density at radius 1 is 0.914 bits per heavy atom. The quantitative estimate of drug-likeness (QED) is 0.203. The maximum atomic E-state index is 12.2. The Kier molecular flexibility index (Phi) is 6.69. The van der Waals surface area contributed by atoms with Gasteiger partial charge in [0.25, 0.3) is 0 Å². The summed E-state index contributed by atoms with van der Waals surface area (Å²) in [6, 6.07) is 14.9. The molecule has 0 unspecified atom stereocenters. The van der Waals surface area contributed by atoms with Crippen LogP contribution in [0.25, 0.3) is 33.4 Å². The van der Waals surface area contributed by atoms with Crippen molar-refractivity contribution < 1.29 is 14.3 Å². The second kappa shape index (κ2) is 9.70. The van der Waals surface area contributed by atoms with Crippen LogP contribution >= 0.6 is 0 Å². The van der Waals surface area contributed by atoms with E-state index in [1.165, 1.54) is 0 Å². The number of nitrogens with zero attached hydrogens (tertiary/aromatic N) is 2. The van der Waals surface area contributed by atoms with Crippen LogP contribution in [0.15, 0.2) is 52.9 Å². The monoisotopic (exact) mass is 473 g/mol. The number of carboxylic acids is 1. The maximum absolute atomic E-state index is 12.2. The van der Waals surface area contributed by atoms with E-state index in [0.717, 1.165) is 53.7 Å². The number of nitrogen functional groups attached to an aromatic ring is 2. The van der Waals surface area contributed by atoms with Crippen molar-refractivity contribution in [1.82, 2.24) is 4.58 Å². The molecule has 0 amide bonds. The van der Waals surface area contributed by atoms with Gasteiger partial charge in [0.1, 0.15) is 18.8 Å². The SMILES string of the molecule is CCN(CC)c1ccc2c(-c3ccccc3C(=O)O)c3ccc(=[N+](CC)CC)c(N)c-3oc2c1N. The molecule has 0 fully saturated rings. The van der Waals surface area contributed by atoms with Crippen molar-refractivity contribution in [2.45, 2.75) is 27.7 Å². The predicted octanol–water partition coefficient (Wildman–Crippen LogP) is 4.73. The standard InChI is InChI=1S/C28H32N4O3/c1-5-31(6-2)21-15-13-19-23(17-11-9-10-12-18(17)28(33)34)20-14-16-22(32(7-3)8-4)25(30)27(20)35-26(19)24(21)29/h9-16H,5-8,29-30H2,1-4H3/p+1. The van der Waals surface area contributed by atoms with E-state index in [1.54, 1.807) is 12.1 Å². The molecule has 2 aliphatic rings. The number of rotatable bonds is 7. The summed E-state index contributed by atoms with van der Waals surface area (Å²) in [4.78, 5) is 14.3. The smallest absolute Gasteiger partial charge is 0.336 e. The van der Waals surface area contributed by atoms with Gasteiger partial charge < -0.3 is 25.9 Å². The maximum Gasteiger partial charge on any atom is 0.336 e. The van der Waals surface area contributed by atoms with E-state index < -0.39 is 5.97 Å². The van der Waals surface area contributed by atoms with Crippen LogP contribution in [0.2, 0.25) is 0 Å². The Bertz CT molecular complexity index is 1440. The normalized spacial score (nSPS) is 11.2. The fourth-order valence-electron chi connectivity index (χ4n) is 4.90. The van der Waals surface area contributed by atoms with E-state index in [9.17, 15) is 9.90 Å². The summed E-state index contributed by atoms with van der Waals surface area (Å²) in [5.74, 6) is -0.497. The van der Waals surface area contributed by atoms with Crippen molar-refractivity contribution in [2.75, 3.05) is 42.5 Å². The van der Waals surface area contributed by atoms with Gasteiger partial charge in [-0.15, -0.1) is 0 Å². The van der Waals surface area contributed by atoms with Crippen molar-refractivity contribution in [2.24, 2.45) is 0 Å². The zero-order valence-corrected chi connectivity index (χ0v) is 20.8. The number of fused-ring (bicyclic) bond motifs is 2. The summed E-state index contributed by atoms with van der Waals surface area (Å²) in [6.07, 6.45) is 0. The first kappa shape index (κ1) is 24.1. The number of aromatic carboxylic acids is 1. The van der Waals surface area contributed by atoms with E-state index >= 15 is 0 Å². The lowest BCUT2D eigenvalue weighted by Gasteiger charge is -2.25. The lowest BCUT2D eigenvalue weighted by Crippen LogP contribution is -2.32. The molecule has 0 aromatic heterocycles. The molecule has 0 atom stereocenters. The minimum atomic E-state index is -0.997. The molecule has 0 saturated carbocycles. The molecule has 182 valence electrons. The van der Waals surface area contributed by atoms with Crippen LogP contribution in [0.3, 0.4) is 0 Å². The summed E-state index contributed by atoms with van der Waals surface area (Å²) in [7, 11) is 0. The van der Waals surface area contributed by atoms with Gasteiger partial charge in [0.05, 0.1) is 16.9 Å². The van der Waals surface area contributed by atoms with E-state index in [4.69, 9.17) is 15.9 Å². The van der Waals surface area contributed by atoms with Gasteiger partial charge in [0.2, 0.25) is 5.36 Å². The van der Waals surface area contributed by atoms with Crippen molar-refractivity contribution in [3.63, 3.8) is 0 Å². The molecule has 0 radical (unpaired) electrons. The Labute approximate surface area is 205 Å².